The molecule has 4 aromatic carbocycles. The average molecular weight is 442 g/mol. The van der Waals surface area contributed by atoms with Crippen LogP contribution in [0.1, 0.15) is 46.2 Å². The summed E-state index contributed by atoms with van der Waals surface area (Å²) < 4.78 is 0. The molecule has 2 aliphatic carbocycles. The van der Waals surface area contributed by atoms with Gasteiger partial charge in [-0.05, 0) is 69.8 Å². The smallest absolute Gasteiger partial charge is 0.0671 e. The highest BCUT2D eigenvalue weighted by atomic mass is 28.3. The summed E-state index contributed by atoms with van der Waals surface area (Å²) in [6.07, 6.45) is 2.13. The van der Waals surface area contributed by atoms with Crippen LogP contribution in [0.15, 0.2) is 96.6 Å². The van der Waals surface area contributed by atoms with Gasteiger partial charge in [0.25, 0.3) is 0 Å². The summed E-state index contributed by atoms with van der Waals surface area (Å²) in [5.41, 5.74) is 14.9. The highest BCUT2D eigenvalue weighted by Gasteiger charge is 2.34. The molecule has 0 heterocycles. The van der Waals surface area contributed by atoms with Crippen molar-refractivity contribution in [3.8, 4) is 11.1 Å². The number of rotatable bonds is 4. The molecule has 0 saturated carbocycles. The van der Waals surface area contributed by atoms with Crippen LogP contribution in [0, 0.1) is 0 Å². The fraction of sp³-hybridized carbons (Fsp3) is 0.188. The second kappa shape index (κ2) is 8.00. The van der Waals surface area contributed by atoms with Gasteiger partial charge < -0.3 is 0 Å². The zero-order valence-corrected chi connectivity index (χ0v) is 20.7. The van der Waals surface area contributed by atoms with Crippen LogP contribution in [0.2, 0.25) is 13.1 Å². The average Bonchev–Trinajstić information content (AvgIpc) is 3.33. The summed E-state index contributed by atoms with van der Waals surface area (Å²) in [4.78, 5) is 0. The minimum atomic E-state index is -0.687. The first-order chi connectivity index (χ1) is 16.1. The third-order valence-electron chi connectivity index (χ3n) is 7.46. The third-order valence-corrected chi connectivity index (χ3v) is 9.00. The topological polar surface area (TPSA) is 0 Å². The van der Waals surface area contributed by atoms with Gasteiger partial charge in [-0.1, -0.05) is 115 Å². The van der Waals surface area contributed by atoms with Gasteiger partial charge in [-0.25, -0.2) is 0 Å². The van der Waals surface area contributed by atoms with Crippen molar-refractivity contribution in [2.75, 3.05) is 0 Å². The number of allylic oxidation sites excluding steroid dienone is 2. The molecule has 0 saturated heterocycles. The molecule has 1 radical (unpaired) electrons. The molecule has 161 valence electrons. The van der Waals surface area contributed by atoms with E-state index in [0.717, 1.165) is 12.8 Å². The van der Waals surface area contributed by atoms with Crippen LogP contribution in [-0.4, -0.2) is 8.80 Å². The van der Waals surface area contributed by atoms with Crippen LogP contribution in [-0.2, 0) is 12.8 Å². The molecule has 0 nitrogen and oxygen atoms in total. The quantitative estimate of drug-likeness (QED) is 0.255. The van der Waals surface area contributed by atoms with Crippen LogP contribution in [0.3, 0.4) is 0 Å². The lowest BCUT2D eigenvalue weighted by Crippen LogP contribution is -2.32. The van der Waals surface area contributed by atoms with Crippen LogP contribution in [0.25, 0.3) is 16.7 Å². The Morgan fingerprint density at radius 1 is 0.697 bits per heavy atom. The Morgan fingerprint density at radius 3 is 1.94 bits per heavy atom. The molecule has 0 fully saturated rings. The summed E-state index contributed by atoms with van der Waals surface area (Å²) in [5.74, 6) is 0.330. The van der Waals surface area contributed by atoms with Crippen molar-refractivity contribution in [2.24, 2.45) is 0 Å². The monoisotopic (exact) mass is 441 g/mol. The van der Waals surface area contributed by atoms with Gasteiger partial charge in [0, 0.05) is 5.92 Å². The van der Waals surface area contributed by atoms with Crippen molar-refractivity contribution < 1.29 is 0 Å². The summed E-state index contributed by atoms with van der Waals surface area (Å²) in [7, 11) is -0.687. The first-order valence-electron chi connectivity index (χ1n) is 12.0. The van der Waals surface area contributed by atoms with E-state index in [1.165, 1.54) is 38.9 Å². The molecule has 1 heteroatoms. The largest absolute Gasteiger partial charge is 0.0804 e. The standard InChI is InChI=1S/C32H29Si/c1-21-19-23-17-18-28(31-26-15-9-7-13-24(26)25-14-8-10-16-27(25)31)32(33(2)3)30(23)29(21)20-22-11-5-4-6-12-22/h4-18,31H,19-20H2,1-3H3. The maximum absolute atomic E-state index is 2.48. The van der Waals surface area contributed by atoms with Crippen molar-refractivity contribution in [3.63, 3.8) is 0 Å². The van der Waals surface area contributed by atoms with E-state index >= 15 is 0 Å². The van der Waals surface area contributed by atoms with E-state index < -0.39 is 8.80 Å². The van der Waals surface area contributed by atoms with Crippen molar-refractivity contribution in [1.82, 2.24) is 0 Å². The van der Waals surface area contributed by atoms with Crippen molar-refractivity contribution in [2.45, 2.75) is 38.8 Å². The van der Waals surface area contributed by atoms with E-state index in [2.05, 4.69) is 111 Å². The fourth-order valence-electron chi connectivity index (χ4n) is 6.07. The van der Waals surface area contributed by atoms with Crippen molar-refractivity contribution >= 4 is 19.6 Å². The highest BCUT2D eigenvalue weighted by Crippen LogP contribution is 2.48. The Morgan fingerprint density at radius 2 is 1.30 bits per heavy atom. The van der Waals surface area contributed by atoms with Crippen LogP contribution < -0.4 is 5.19 Å². The molecule has 0 aromatic heterocycles. The van der Waals surface area contributed by atoms with E-state index in [1.807, 2.05) is 0 Å². The number of fused-ring (bicyclic) bond motifs is 4. The molecular weight excluding hydrogens is 412 g/mol. The lowest BCUT2D eigenvalue weighted by Gasteiger charge is -2.24. The lowest BCUT2D eigenvalue weighted by atomic mass is 9.86. The van der Waals surface area contributed by atoms with Crippen molar-refractivity contribution in [3.05, 3.63) is 130 Å². The van der Waals surface area contributed by atoms with Crippen LogP contribution in [0.4, 0.5) is 0 Å². The van der Waals surface area contributed by atoms with E-state index in [0.29, 0.717) is 5.92 Å². The van der Waals surface area contributed by atoms with Crippen LogP contribution >= 0.6 is 0 Å². The van der Waals surface area contributed by atoms with Gasteiger partial charge >= 0.3 is 0 Å². The van der Waals surface area contributed by atoms with Gasteiger partial charge in [-0.15, -0.1) is 0 Å². The molecule has 33 heavy (non-hydrogen) atoms. The summed E-state index contributed by atoms with van der Waals surface area (Å²) in [6.45, 7) is 7.30. The zero-order chi connectivity index (χ0) is 22.5. The predicted molar refractivity (Wildman–Crippen MR) is 143 cm³/mol. The van der Waals surface area contributed by atoms with Gasteiger partial charge in [-0.2, -0.15) is 0 Å². The number of hydrogen-bond acceptors (Lipinski definition) is 0. The van der Waals surface area contributed by atoms with E-state index in [-0.39, 0.29) is 0 Å². The minimum Gasteiger partial charge on any atom is -0.0671 e. The Balaban J connectivity index is 1.57. The maximum Gasteiger partial charge on any atom is 0.0804 e. The van der Waals surface area contributed by atoms with E-state index in [4.69, 9.17) is 0 Å². The molecule has 0 unspecified atom stereocenters. The molecule has 6 rings (SSSR count). The molecule has 0 aliphatic heterocycles. The molecule has 0 spiro atoms. The fourth-order valence-corrected chi connectivity index (χ4v) is 7.69. The maximum atomic E-state index is 2.48. The summed E-state index contributed by atoms with van der Waals surface area (Å²) in [6, 6.07) is 34.0. The Kier molecular flexibility index (Phi) is 4.96. The Bertz CT molecular complexity index is 1350. The van der Waals surface area contributed by atoms with Crippen LogP contribution in [0.5, 0.6) is 0 Å². The SMILES string of the molecule is CC1=C(Cc2ccccc2)c2c(ccc(C3c4ccccc4-c4ccccc43)c2[Si](C)C)C1. The third kappa shape index (κ3) is 3.26. The van der Waals surface area contributed by atoms with Gasteiger partial charge in [-0.3, -0.25) is 0 Å². The molecule has 0 atom stereocenters. The second-order valence-electron chi connectivity index (χ2n) is 9.77. The first kappa shape index (κ1) is 20.4. The Labute approximate surface area is 199 Å². The van der Waals surface area contributed by atoms with Gasteiger partial charge in [0.2, 0.25) is 0 Å². The first-order valence-corrected chi connectivity index (χ1v) is 14.5. The molecule has 2 aliphatic rings. The second-order valence-corrected chi connectivity index (χ2v) is 12.3. The number of benzene rings is 4. The Hall–Kier alpha value is -3.16. The predicted octanol–water partition coefficient (Wildman–Crippen LogP) is 7.38. The highest BCUT2D eigenvalue weighted by molar-refractivity contribution is 6.72. The summed E-state index contributed by atoms with van der Waals surface area (Å²) >= 11 is 0. The molecule has 4 aromatic rings. The minimum absolute atomic E-state index is 0.330. The van der Waals surface area contributed by atoms with Gasteiger partial charge in [0.1, 0.15) is 0 Å². The van der Waals surface area contributed by atoms with Crippen molar-refractivity contribution in [1.29, 1.82) is 0 Å². The summed E-state index contributed by atoms with van der Waals surface area (Å²) in [5, 5.41) is 1.65. The molecule has 0 N–H and O–H groups in total. The lowest BCUT2D eigenvalue weighted by molar-refractivity contribution is 1.02. The van der Waals surface area contributed by atoms with Gasteiger partial charge in [0.15, 0.2) is 0 Å². The van der Waals surface area contributed by atoms with E-state index in [9.17, 15) is 0 Å². The zero-order valence-electron chi connectivity index (χ0n) is 19.7. The number of hydrogen-bond donors (Lipinski definition) is 0. The molecule has 0 bridgehead atoms. The van der Waals surface area contributed by atoms with Gasteiger partial charge in [0.05, 0.1) is 8.80 Å². The normalized spacial score (nSPS) is 14.5. The molecular formula is C32H29Si. The molecule has 0 amide bonds. The van der Waals surface area contributed by atoms with E-state index in [1.54, 1.807) is 21.9 Å².